The highest BCUT2D eigenvalue weighted by Gasteiger charge is 2.52. The van der Waals surface area contributed by atoms with Crippen molar-refractivity contribution in [3.8, 4) is 0 Å². The van der Waals surface area contributed by atoms with Crippen molar-refractivity contribution in [3.05, 3.63) is 0 Å². The van der Waals surface area contributed by atoms with Gasteiger partial charge in [-0.15, -0.1) is 0 Å². The highest BCUT2D eigenvalue weighted by Crippen LogP contribution is 2.40. The van der Waals surface area contributed by atoms with E-state index in [9.17, 15) is 14.3 Å². The van der Waals surface area contributed by atoms with Gasteiger partial charge in [0.05, 0.1) is 13.7 Å². The van der Waals surface area contributed by atoms with Crippen molar-refractivity contribution >= 4 is 5.97 Å². The van der Waals surface area contributed by atoms with Crippen molar-refractivity contribution in [1.29, 1.82) is 0 Å². The van der Waals surface area contributed by atoms with E-state index >= 15 is 0 Å². The average molecular weight is 276 g/mol. The van der Waals surface area contributed by atoms with E-state index in [0.29, 0.717) is 0 Å². The molecule has 0 aromatic carbocycles. The van der Waals surface area contributed by atoms with E-state index < -0.39 is 29.6 Å². The molecular formula is C13H21FO5. The molecule has 0 bridgehead atoms. The minimum atomic E-state index is -2.50. The number of halogens is 1. The Hall–Kier alpha value is -0.720. The summed E-state index contributed by atoms with van der Waals surface area (Å²) in [7, 11) is 1.08. The molecular weight excluding hydrogens is 255 g/mol. The molecule has 3 atom stereocenters. The number of aliphatic hydroxyl groups excluding tert-OH is 1. The molecule has 1 saturated carbocycles. The fourth-order valence-corrected chi connectivity index (χ4v) is 2.76. The van der Waals surface area contributed by atoms with Gasteiger partial charge in [-0.3, -0.25) is 0 Å². The molecule has 6 heteroatoms. The van der Waals surface area contributed by atoms with Crippen LogP contribution in [0.3, 0.4) is 0 Å². The van der Waals surface area contributed by atoms with E-state index in [2.05, 4.69) is 4.74 Å². The maximum Gasteiger partial charge on any atom is 0.346 e. The Morgan fingerprint density at radius 1 is 1.47 bits per heavy atom. The predicted molar refractivity (Wildman–Crippen MR) is 64.2 cm³/mol. The highest BCUT2D eigenvalue weighted by molar-refractivity contribution is 5.79. The van der Waals surface area contributed by atoms with Crippen LogP contribution in [0.25, 0.3) is 0 Å². The van der Waals surface area contributed by atoms with Crippen LogP contribution in [0.1, 0.15) is 39.0 Å². The fourth-order valence-electron chi connectivity index (χ4n) is 2.76. The molecule has 1 spiro atoms. The van der Waals surface area contributed by atoms with Crippen LogP contribution in [0.2, 0.25) is 0 Å². The first-order chi connectivity index (χ1) is 8.91. The van der Waals surface area contributed by atoms with Crippen LogP contribution < -0.4 is 0 Å². The molecule has 1 saturated heterocycles. The SMILES string of the molecule is COC(=O)[C@](C)(F)[C@@H](O)C1COC2(CCCCC2)O1. The fraction of sp³-hybridized carbons (Fsp3) is 0.923. The maximum absolute atomic E-state index is 14.2. The van der Waals surface area contributed by atoms with Crippen LogP contribution in [0.4, 0.5) is 4.39 Å². The van der Waals surface area contributed by atoms with Gasteiger partial charge in [0.25, 0.3) is 0 Å². The van der Waals surface area contributed by atoms with Gasteiger partial charge in [0.15, 0.2) is 5.79 Å². The molecule has 5 nitrogen and oxygen atoms in total. The summed E-state index contributed by atoms with van der Waals surface area (Å²) in [6.45, 7) is 1.09. The number of carbonyl (C=O) groups excluding carboxylic acids is 1. The third-order valence-electron chi connectivity index (χ3n) is 3.98. The lowest BCUT2D eigenvalue weighted by atomic mass is 9.94. The van der Waals surface area contributed by atoms with Gasteiger partial charge in [0.2, 0.25) is 5.67 Å². The van der Waals surface area contributed by atoms with Gasteiger partial charge in [0, 0.05) is 12.8 Å². The summed E-state index contributed by atoms with van der Waals surface area (Å²) in [6, 6.07) is 0. The zero-order valence-electron chi connectivity index (χ0n) is 11.4. The Kier molecular flexibility index (Phi) is 4.13. The lowest BCUT2D eigenvalue weighted by Gasteiger charge is -2.33. The van der Waals surface area contributed by atoms with Crippen molar-refractivity contribution in [2.75, 3.05) is 13.7 Å². The lowest BCUT2D eigenvalue weighted by molar-refractivity contribution is -0.206. The summed E-state index contributed by atoms with van der Waals surface area (Å²) in [5.74, 6) is -1.80. The molecule has 1 N–H and O–H groups in total. The number of hydrogen-bond acceptors (Lipinski definition) is 5. The summed E-state index contributed by atoms with van der Waals surface area (Å²) >= 11 is 0. The molecule has 0 radical (unpaired) electrons. The largest absolute Gasteiger partial charge is 0.467 e. The summed E-state index contributed by atoms with van der Waals surface area (Å²) < 4.78 is 29.9. The van der Waals surface area contributed by atoms with Gasteiger partial charge >= 0.3 is 5.97 Å². The molecule has 19 heavy (non-hydrogen) atoms. The minimum absolute atomic E-state index is 0.0949. The number of hydrogen-bond donors (Lipinski definition) is 1. The van der Waals surface area contributed by atoms with E-state index in [-0.39, 0.29) is 6.61 Å². The summed E-state index contributed by atoms with van der Waals surface area (Å²) in [5, 5.41) is 10.0. The number of methoxy groups -OCH3 is 1. The van der Waals surface area contributed by atoms with Gasteiger partial charge in [-0.05, 0) is 19.8 Å². The Morgan fingerprint density at radius 2 is 2.11 bits per heavy atom. The van der Waals surface area contributed by atoms with E-state index in [1.54, 1.807) is 0 Å². The van der Waals surface area contributed by atoms with Gasteiger partial charge in [-0.2, -0.15) is 0 Å². The number of ether oxygens (including phenoxy) is 3. The molecule has 0 amide bonds. The first-order valence-electron chi connectivity index (χ1n) is 6.68. The number of rotatable bonds is 3. The van der Waals surface area contributed by atoms with E-state index in [4.69, 9.17) is 9.47 Å². The second-order valence-electron chi connectivity index (χ2n) is 5.45. The van der Waals surface area contributed by atoms with Crippen molar-refractivity contribution in [3.63, 3.8) is 0 Å². The Labute approximate surface area is 112 Å². The molecule has 1 aliphatic heterocycles. The first kappa shape index (κ1) is 14.7. The Balaban J connectivity index is 2.01. The van der Waals surface area contributed by atoms with Crippen LogP contribution in [-0.4, -0.2) is 48.5 Å². The van der Waals surface area contributed by atoms with Crippen LogP contribution in [0, 0.1) is 0 Å². The zero-order chi connectivity index (χ0) is 14.1. The molecule has 1 unspecified atom stereocenters. The zero-order valence-corrected chi connectivity index (χ0v) is 11.4. The quantitative estimate of drug-likeness (QED) is 0.788. The second kappa shape index (κ2) is 5.34. The standard InChI is InChI=1S/C13H21FO5/c1-12(14,11(16)17-2)10(15)9-8-18-13(19-9)6-4-3-5-7-13/h9-10,15H,3-8H2,1-2H3/t9?,10-,12+/m0/s1. The van der Waals surface area contributed by atoms with E-state index in [1.165, 1.54) is 0 Å². The first-order valence-corrected chi connectivity index (χ1v) is 6.68. The normalized spacial score (nSPS) is 30.8. The maximum atomic E-state index is 14.2. The number of alkyl halides is 1. The molecule has 2 fully saturated rings. The molecule has 1 heterocycles. The third-order valence-corrected chi connectivity index (χ3v) is 3.98. The van der Waals surface area contributed by atoms with Crippen LogP contribution in [0.5, 0.6) is 0 Å². The van der Waals surface area contributed by atoms with Crippen molar-refractivity contribution in [1.82, 2.24) is 0 Å². The molecule has 110 valence electrons. The lowest BCUT2D eigenvalue weighted by Crippen LogP contribution is -2.51. The molecule has 1 aliphatic carbocycles. The number of esters is 1. The molecule has 0 aromatic rings. The highest BCUT2D eigenvalue weighted by atomic mass is 19.1. The summed E-state index contributed by atoms with van der Waals surface area (Å²) in [4.78, 5) is 11.3. The van der Waals surface area contributed by atoms with Crippen LogP contribution in [-0.2, 0) is 19.0 Å². The Morgan fingerprint density at radius 3 is 2.68 bits per heavy atom. The summed E-state index contributed by atoms with van der Waals surface area (Å²) in [6.07, 6.45) is 2.17. The van der Waals surface area contributed by atoms with E-state index in [1.807, 2.05) is 0 Å². The molecule has 0 aromatic heterocycles. The molecule has 2 rings (SSSR count). The predicted octanol–water partition coefficient (Wildman–Crippen LogP) is 1.32. The van der Waals surface area contributed by atoms with Gasteiger partial charge in [0.1, 0.15) is 12.2 Å². The smallest absolute Gasteiger partial charge is 0.346 e. The van der Waals surface area contributed by atoms with Crippen LogP contribution in [0.15, 0.2) is 0 Å². The van der Waals surface area contributed by atoms with Gasteiger partial charge < -0.3 is 19.3 Å². The molecule has 2 aliphatic rings. The third kappa shape index (κ3) is 2.75. The average Bonchev–Trinajstić information content (AvgIpc) is 2.81. The van der Waals surface area contributed by atoms with Crippen LogP contribution >= 0.6 is 0 Å². The number of carbonyl (C=O) groups is 1. The minimum Gasteiger partial charge on any atom is -0.467 e. The Bertz CT molecular complexity index is 338. The summed E-state index contributed by atoms with van der Waals surface area (Å²) in [5.41, 5.74) is -2.50. The number of aliphatic hydroxyl groups is 1. The van der Waals surface area contributed by atoms with Gasteiger partial charge in [-0.1, -0.05) is 6.42 Å². The van der Waals surface area contributed by atoms with Gasteiger partial charge in [-0.25, -0.2) is 9.18 Å². The topological polar surface area (TPSA) is 65.0 Å². The van der Waals surface area contributed by atoms with Crippen molar-refractivity contribution in [2.24, 2.45) is 0 Å². The van der Waals surface area contributed by atoms with Crippen molar-refractivity contribution < 1.29 is 28.5 Å². The van der Waals surface area contributed by atoms with Crippen molar-refractivity contribution in [2.45, 2.75) is 62.7 Å². The monoisotopic (exact) mass is 276 g/mol. The second-order valence-corrected chi connectivity index (χ2v) is 5.45. The van der Waals surface area contributed by atoms with E-state index in [0.717, 1.165) is 46.1 Å².